The summed E-state index contributed by atoms with van der Waals surface area (Å²) in [6.07, 6.45) is 5.47. The molecule has 9 aromatic carbocycles. The third kappa shape index (κ3) is 7.72. The number of para-hydroxylation sites is 3. The quantitative estimate of drug-likeness (QED) is 0.0957. The normalized spacial score (nSPS) is 14.0. The first-order chi connectivity index (χ1) is 38.6. The van der Waals surface area contributed by atoms with E-state index in [1.54, 1.807) is 27.3 Å². The number of hydrogen-bond acceptors (Lipinski definition) is 2. The number of rotatable bonds is 11. The number of nitrogens with zero attached hydrogens (tertiary/aromatic N) is 4. The molecule has 12 aromatic rings. The van der Waals surface area contributed by atoms with Gasteiger partial charge in [0.1, 0.15) is 17.3 Å². The molecule has 5 heteroatoms. The summed E-state index contributed by atoms with van der Waals surface area (Å²) in [7, 11) is 0. The second kappa shape index (κ2) is 18.0. The smallest absolute Gasteiger partial charge is 0.269 e. The number of fused-ring (bicyclic) bond motifs is 4. The van der Waals surface area contributed by atoms with Crippen LogP contribution in [-0.2, 0) is 0 Å². The van der Waals surface area contributed by atoms with E-state index in [2.05, 4.69) is 98.4 Å². The van der Waals surface area contributed by atoms with Crippen LogP contribution >= 0.6 is 0 Å². The molecule has 0 aliphatic rings. The molecular weight excluding hydrogens is 853 g/mol. The topological polar surface area (TPSA) is 35.9 Å². The number of hydrogen-bond donors (Lipinski definition) is 0. The van der Waals surface area contributed by atoms with Crippen LogP contribution in [-0.4, -0.2) is 14.1 Å². The number of benzene rings is 9. The van der Waals surface area contributed by atoms with Gasteiger partial charge in [0.15, 0.2) is 0 Å². The van der Waals surface area contributed by atoms with Gasteiger partial charge >= 0.3 is 0 Å². The Balaban J connectivity index is 1.02. The zero-order valence-corrected chi connectivity index (χ0v) is 38.6. The third-order valence-electron chi connectivity index (χ3n) is 13.2. The molecule has 0 aliphatic carbocycles. The third-order valence-corrected chi connectivity index (χ3v) is 13.2. The first kappa shape index (κ1) is 32.8. The number of ether oxygens (including phenoxy) is 1. The minimum Gasteiger partial charge on any atom is -0.458 e. The van der Waals surface area contributed by atoms with Gasteiger partial charge in [-0.05, 0) is 105 Å². The van der Waals surface area contributed by atoms with E-state index in [1.807, 2.05) is 91.1 Å². The van der Waals surface area contributed by atoms with Gasteiger partial charge < -0.3 is 4.74 Å². The first-order valence-electron chi connectivity index (χ1n) is 28.3. The Bertz CT molecular complexity index is 4320. The average molecular weight is 913 g/mol. The van der Waals surface area contributed by atoms with E-state index in [9.17, 15) is 0 Å². The molecule has 336 valence electrons. The summed E-state index contributed by atoms with van der Waals surface area (Å²) in [5, 5.41) is 2.09. The predicted molar refractivity (Wildman–Crippen MR) is 287 cm³/mol. The molecule has 12 rings (SSSR count). The van der Waals surface area contributed by atoms with Crippen molar-refractivity contribution in [2.24, 2.45) is 5.92 Å². The van der Waals surface area contributed by atoms with Crippen LogP contribution < -0.4 is 9.30 Å². The van der Waals surface area contributed by atoms with Crippen LogP contribution in [0.2, 0.25) is 0 Å². The zero-order valence-electron chi connectivity index (χ0n) is 48.6. The van der Waals surface area contributed by atoms with Crippen LogP contribution in [0.3, 0.4) is 0 Å². The van der Waals surface area contributed by atoms with Gasteiger partial charge in [0.2, 0.25) is 0 Å². The van der Waals surface area contributed by atoms with Crippen molar-refractivity contribution in [3.05, 3.63) is 248 Å². The molecule has 3 aromatic heterocycles. The number of imidazole rings is 1. The van der Waals surface area contributed by atoms with Crippen molar-refractivity contribution in [1.82, 2.24) is 14.1 Å². The van der Waals surface area contributed by atoms with Gasteiger partial charge in [0.05, 0.1) is 47.1 Å². The summed E-state index contributed by atoms with van der Waals surface area (Å²) in [5.41, 5.74) is 9.56. The largest absolute Gasteiger partial charge is 0.458 e. The number of pyridine rings is 1. The van der Waals surface area contributed by atoms with Crippen molar-refractivity contribution < 1.29 is 23.0 Å². The second-order valence-electron chi connectivity index (χ2n) is 17.7. The molecule has 1 atom stereocenters. The van der Waals surface area contributed by atoms with Gasteiger partial charge in [-0.25, -0.2) is 4.98 Å². The van der Waals surface area contributed by atoms with Crippen molar-refractivity contribution in [3.8, 4) is 73.2 Å². The van der Waals surface area contributed by atoms with Crippen molar-refractivity contribution in [2.75, 3.05) is 0 Å². The maximum absolute atomic E-state index is 9.08. The van der Waals surface area contributed by atoms with E-state index >= 15 is 0 Å². The van der Waals surface area contributed by atoms with E-state index in [1.165, 1.54) is 5.56 Å². The lowest BCUT2D eigenvalue weighted by Gasteiger charge is -2.21. The van der Waals surface area contributed by atoms with Crippen LogP contribution in [0.25, 0.3) is 94.5 Å². The standard InChI is InChI=1S/C65H50N4O/c1-44(2)45(3)57-41-64(66-42-59(57)49-26-14-7-15-27-49)69-60-37-34-50(46-20-8-4-9-21-46)38-58(60)56-36-35-53(40-63(56)69)70-52-29-18-28-51(39-52)67-43-68(62-33-17-16-32-61(62)67)65-54(47-22-10-5-11-23-47)30-19-31-55(65)48-24-12-6-13-25-48/h4-42,44-45H,1-3H3/i5D,6D,10D,11D,12D,13D,22D,23D,24D,25D. The fourth-order valence-corrected chi connectivity index (χ4v) is 9.49. The molecule has 0 aliphatic heterocycles. The average Bonchev–Trinajstić information content (AvgIpc) is 3.90. The fourth-order valence-electron chi connectivity index (χ4n) is 9.49. The van der Waals surface area contributed by atoms with Crippen LogP contribution in [0.1, 0.15) is 46.0 Å². The highest BCUT2D eigenvalue weighted by Gasteiger charge is 2.22. The second-order valence-corrected chi connectivity index (χ2v) is 17.7. The van der Waals surface area contributed by atoms with Crippen molar-refractivity contribution in [3.63, 3.8) is 0 Å². The highest BCUT2D eigenvalue weighted by molar-refractivity contribution is 6.10. The van der Waals surface area contributed by atoms with Gasteiger partial charge in [-0.1, -0.05) is 196 Å². The molecule has 0 N–H and O–H groups in total. The highest BCUT2D eigenvalue weighted by Crippen LogP contribution is 2.41. The molecule has 0 bridgehead atoms. The van der Waals surface area contributed by atoms with Crippen LogP contribution in [0.4, 0.5) is 0 Å². The fraction of sp³-hybridized carbons (Fsp3) is 0.0769. The van der Waals surface area contributed by atoms with E-state index in [0.717, 1.165) is 49.9 Å². The Morgan fingerprint density at radius 2 is 1.17 bits per heavy atom. The molecular formula is C65H50N4O. The Kier molecular flexibility index (Phi) is 8.45. The minimum absolute atomic E-state index is 0.133. The Morgan fingerprint density at radius 3 is 1.89 bits per heavy atom. The molecule has 1 unspecified atom stereocenters. The molecule has 0 spiro atoms. The lowest BCUT2D eigenvalue weighted by Crippen LogP contribution is -2.31. The minimum atomic E-state index is -0.569. The summed E-state index contributed by atoms with van der Waals surface area (Å²) in [6.45, 7) is 6.76. The van der Waals surface area contributed by atoms with Crippen LogP contribution in [0, 0.1) is 12.2 Å². The van der Waals surface area contributed by atoms with Gasteiger partial charge in [-0.15, -0.1) is 0 Å². The SMILES string of the molecule is [2H]c1c([2H])c([2H])c(-c2cccc(-c3c([2H])c([2H])c([2H])c([2H])c3[2H])c2-[n+]2[c-]n(-c3cccc(Oc4ccc5c6cc(-c7ccccc7)ccc6n(-c6cc(C(C)C(C)C)c(-c7ccccc7)cn6)c5c4)c3)c3ccccc32)c([2H])c1[2H]. The molecule has 0 amide bonds. The highest BCUT2D eigenvalue weighted by atomic mass is 16.5. The van der Waals surface area contributed by atoms with Gasteiger partial charge in [-0.2, -0.15) is 0 Å². The van der Waals surface area contributed by atoms with E-state index in [-0.39, 0.29) is 33.9 Å². The lowest BCUT2D eigenvalue weighted by molar-refractivity contribution is -0.571. The molecule has 0 saturated heterocycles. The molecule has 0 saturated carbocycles. The van der Waals surface area contributed by atoms with Crippen LogP contribution in [0.5, 0.6) is 11.5 Å². The van der Waals surface area contributed by atoms with Crippen molar-refractivity contribution in [1.29, 1.82) is 0 Å². The molecule has 5 nitrogen and oxygen atoms in total. The zero-order chi connectivity index (χ0) is 55.8. The van der Waals surface area contributed by atoms with Gasteiger partial charge in [0, 0.05) is 28.6 Å². The molecule has 3 heterocycles. The Hall–Kier alpha value is -8.80. The maximum atomic E-state index is 9.08. The maximum Gasteiger partial charge on any atom is 0.269 e. The monoisotopic (exact) mass is 912 g/mol. The predicted octanol–water partition coefficient (Wildman–Crippen LogP) is 16.4. The van der Waals surface area contributed by atoms with E-state index in [0.29, 0.717) is 34.1 Å². The summed E-state index contributed by atoms with van der Waals surface area (Å²) in [4.78, 5) is 5.20. The van der Waals surface area contributed by atoms with Crippen molar-refractivity contribution >= 4 is 32.8 Å². The summed E-state index contributed by atoms with van der Waals surface area (Å²) in [5.74, 6) is 2.45. The van der Waals surface area contributed by atoms with E-state index < -0.39 is 60.4 Å². The number of aromatic nitrogens is 4. The van der Waals surface area contributed by atoms with E-state index in [4.69, 9.17) is 23.4 Å². The summed E-state index contributed by atoms with van der Waals surface area (Å²) >= 11 is 0. The summed E-state index contributed by atoms with van der Waals surface area (Å²) < 4.78 is 100. The van der Waals surface area contributed by atoms with Crippen LogP contribution in [0.15, 0.2) is 236 Å². The molecule has 70 heavy (non-hydrogen) atoms. The van der Waals surface area contributed by atoms with Gasteiger partial charge in [0.25, 0.3) is 6.33 Å². The molecule has 0 fully saturated rings. The first-order valence-corrected chi connectivity index (χ1v) is 23.3. The lowest BCUT2D eigenvalue weighted by atomic mass is 9.86. The Labute approximate surface area is 422 Å². The molecule has 0 radical (unpaired) electrons. The van der Waals surface area contributed by atoms with Gasteiger partial charge in [-0.3, -0.25) is 13.7 Å². The van der Waals surface area contributed by atoms with Crippen molar-refractivity contribution in [2.45, 2.75) is 26.7 Å². The Morgan fingerprint density at radius 1 is 0.514 bits per heavy atom. The summed E-state index contributed by atoms with van der Waals surface area (Å²) in [6, 6.07) is 50.1.